The van der Waals surface area contributed by atoms with Gasteiger partial charge in [-0.2, -0.15) is 5.09 Å². The van der Waals surface area contributed by atoms with Crippen LogP contribution in [0.15, 0.2) is 24.3 Å². The molecule has 40 heavy (non-hydrogen) atoms. The Labute approximate surface area is 234 Å². The summed E-state index contributed by atoms with van der Waals surface area (Å²) < 4.78 is 42.1. The fraction of sp³-hybridized carbons (Fsp3) is 0.692. The van der Waals surface area contributed by atoms with Crippen LogP contribution in [0.25, 0.3) is 0 Å². The van der Waals surface area contributed by atoms with E-state index in [4.69, 9.17) is 23.3 Å². The predicted octanol–water partition coefficient (Wildman–Crippen LogP) is 1.63. The first-order chi connectivity index (χ1) is 19.0. The van der Waals surface area contributed by atoms with Gasteiger partial charge in [-0.25, -0.2) is 4.57 Å². The van der Waals surface area contributed by atoms with Crippen LogP contribution in [0.5, 0.6) is 11.5 Å². The molecule has 0 spiro atoms. The van der Waals surface area contributed by atoms with Crippen LogP contribution in [0.4, 0.5) is 0 Å². The molecule has 7 atom stereocenters. The van der Waals surface area contributed by atoms with Gasteiger partial charge in [0.05, 0.1) is 13.7 Å². The number of ether oxygens (including phenoxy) is 3. The highest BCUT2D eigenvalue weighted by molar-refractivity contribution is 7.52. The lowest BCUT2D eigenvalue weighted by Crippen LogP contribution is -2.64. The van der Waals surface area contributed by atoms with E-state index in [-0.39, 0.29) is 11.9 Å². The number of carbonyl (C=O) groups excluding carboxylic acids is 2. The molecule has 1 aliphatic heterocycles. The highest BCUT2D eigenvalue weighted by atomic mass is 31.2. The normalized spacial score (nSPS) is 27.9. The largest absolute Gasteiger partial charge is 0.497 e. The molecule has 2 fully saturated rings. The summed E-state index contributed by atoms with van der Waals surface area (Å²) in [5, 5.41) is 36.2. The van der Waals surface area contributed by atoms with Crippen molar-refractivity contribution in [1.82, 2.24) is 10.4 Å². The second kappa shape index (κ2) is 14.6. The number of carbonyl (C=O) groups is 2. The molecule has 5 N–H and O–H groups in total. The van der Waals surface area contributed by atoms with Crippen LogP contribution in [-0.2, 0) is 28.2 Å². The lowest BCUT2D eigenvalue weighted by molar-refractivity contribution is -0.250. The van der Waals surface area contributed by atoms with Crippen LogP contribution >= 0.6 is 7.75 Å². The lowest BCUT2D eigenvalue weighted by Gasteiger charge is -2.43. The Morgan fingerprint density at radius 1 is 1.10 bits per heavy atom. The summed E-state index contributed by atoms with van der Waals surface area (Å²) in [6.45, 7) is 3.93. The Balaban J connectivity index is 1.94. The van der Waals surface area contributed by atoms with Crippen molar-refractivity contribution in [3.8, 4) is 11.5 Å². The summed E-state index contributed by atoms with van der Waals surface area (Å²) >= 11 is 0. The van der Waals surface area contributed by atoms with Crippen molar-refractivity contribution in [3.63, 3.8) is 0 Å². The molecule has 0 aromatic heterocycles. The van der Waals surface area contributed by atoms with Crippen LogP contribution < -0.4 is 19.7 Å². The van der Waals surface area contributed by atoms with Crippen LogP contribution in [-0.4, -0.2) is 83.7 Å². The van der Waals surface area contributed by atoms with Gasteiger partial charge in [0.15, 0.2) is 6.29 Å². The third-order valence-corrected chi connectivity index (χ3v) is 8.41. The minimum Gasteiger partial charge on any atom is -0.497 e. The number of rotatable bonds is 12. The number of aliphatic hydroxyl groups is 3. The molecule has 3 rings (SSSR count). The molecule has 226 valence electrons. The number of amides is 1. The van der Waals surface area contributed by atoms with Crippen molar-refractivity contribution in [3.05, 3.63) is 24.3 Å². The summed E-state index contributed by atoms with van der Waals surface area (Å²) in [7, 11) is -3.10. The summed E-state index contributed by atoms with van der Waals surface area (Å²) in [5.74, 6) is -1.06. The SMILES string of the molecule is COc1ccc(OP(=O)(N[C@H](C(=O)OC2CCCCC2)C(C)C)O[C@H]2[C@H](O)[C@@H](CO)OC(O)[C@@H]2NC(C)=O)cc1. The molecule has 14 heteroatoms. The molecule has 0 bridgehead atoms. The van der Waals surface area contributed by atoms with Gasteiger partial charge in [0.2, 0.25) is 5.91 Å². The van der Waals surface area contributed by atoms with E-state index in [1.165, 1.54) is 26.2 Å². The number of benzene rings is 1. The first kappa shape index (κ1) is 32.3. The molecule has 1 heterocycles. The second-order valence-corrected chi connectivity index (χ2v) is 12.0. The monoisotopic (exact) mass is 588 g/mol. The summed E-state index contributed by atoms with van der Waals surface area (Å²) in [4.78, 5) is 25.1. The quantitative estimate of drug-likeness (QED) is 0.176. The highest BCUT2D eigenvalue weighted by Crippen LogP contribution is 2.49. The molecule has 1 amide bonds. The minimum atomic E-state index is -4.58. The van der Waals surface area contributed by atoms with Gasteiger partial charge in [0.1, 0.15) is 48.0 Å². The fourth-order valence-electron chi connectivity index (χ4n) is 4.68. The van der Waals surface area contributed by atoms with Crippen molar-refractivity contribution >= 4 is 19.6 Å². The summed E-state index contributed by atoms with van der Waals surface area (Å²) in [5.41, 5.74) is 0. The third kappa shape index (κ3) is 8.62. The molecule has 1 saturated carbocycles. The minimum absolute atomic E-state index is 0.0803. The van der Waals surface area contributed by atoms with Gasteiger partial charge in [-0.05, 0) is 55.9 Å². The van der Waals surface area contributed by atoms with E-state index < -0.39 is 68.8 Å². The zero-order chi connectivity index (χ0) is 29.4. The van der Waals surface area contributed by atoms with Crippen molar-refractivity contribution in [2.45, 2.75) is 95.7 Å². The van der Waals surface area contributed by atoms with Crippen LogP contribution in [0.3, 0.4) is 0 Å². The molecule has 1 aromatic carbocycles. The first-order valence-electron chi connectivity index (χ1n) is 13.5. The maximum atomic E-state index is 14.4. The number of aliphatic hydroxyl groups excluding tert-OH is 3. The van der Waals surface area contributed by atoms with Crippen molar-refractivity contribution in [2.75, 3.05) is 13.7 Å². The summed E-state index contributed by atoms with van der Waals surface area (Å²) in [6, 6.07) is 3.53. The number of methoxy groups -OCH3 is 1. The van der Waals surface area contributed by atoms with Crippen LogP contribution in [0.2, 0.25) is 0 Å². The van der Waals surface area contributed by atoms with E-state index in [1.807, 2.05) is 0 Å². The van der Waals surface area contributed by atoms with E-state index in [2.05, 4.69) is 10.4 Å². The van der Waals surface area contributed by atoms with Crippen molar-refractivity contribution in [1.29, 1.82) is 0 Å². The van der Waals surface area contributed by atoms with Gasteiger partial charge in [-0.1, -0.05) is 20.3 Å². The molecule has 1 saturated heterocycles. The molecule has 2 aliphatic rings. The maximum absolute atomic E-state index is 14.4. The summed E-state index contributed by atoms with van der Waals surface area (Å²) in [6.07, 6.45) is -2.09. The molecular weight excluding hydrogens is 547 g/mol. The van der Waals surface area contributed by atoms with Crippen molar-refractivity contribution < 1.29 is 52.7 Å². The Kier molecular flexibility index (Phi) is 11.8. The molecule has 1 aliphatic carbocycles. The second-order valence-electron chi connectivity index (χ2n) is 10.3. The van der Waals surface area contributed by atoms with Crippen molar-refractivity contribution in [2.24, 2.45) is 5.92 Å². The maximum Gasteiger partial charge on any atom is 0.459 e. The Hall–Kier alpha value is -2.25. The topological polar surface area (TPSA) is 182 Å². The average molecular weight is 589 g/mol. The Morgan fingerprint density at radius 2 is 1.73 bits per heavy atom. The third-order valence-electron chi connectivity index (χ3n) is 6.84. The highest BCUT2D eigenvalue weighted by Gasteiger charge is 2.50. The van der Waals surface area contributed by atoms with E-state index in [9.17, 15) is 29.5 Å². The fourth-order valence-corrected chi connectivity index (χ4v) is 6.55. The molecule has 0 radical (unpaired) electrons. The molecule has 13 nitrogen and oxygen atoms in total. The van der Waals surface area contributed by atoms with Gasteiger partial charge in [0, 0.05) is 6.92 Å². The van der Waals surface area contributed by atoms with Gasteiger partial charge < -0.3 is 39.4 Å². The standard InChI is InChI=1S/C26H41N2O11P/c1-15(2)21(25(32)36-18-8-6-5-7-9-18)28-40(34,38-19-12-10-17(35-4)11-13-19)39-24-22(27-16(3)30)26(33)37-20(14-29)23(24)31/h10-13,15,18,20-24,26,29,31,33H,5-9,14H2,1-4H3,(H,27,30)(H,28,34)/t20-,21+,22-,23-,24-,26?,40?/m1/s1. The van der Waals surface area contributed by atoms with Gasteiger partial charge in [-0.15, -0.1) is 0 Å². The van der Waals surface area contributed by atoms with E-state index in [0.29, 0.717) is 5.75 Å². The van der Waals surface area contributed by atoms with Gasteiger partial charge in [0.25, 0.3) is 0 Å². The zero-order valence-electron chi connectivity index (χ0n) is 23.2. The smallest absolute Gasteiger partial charge is 0.459 e. The number of nitrogens with one attached hydrogen (secondary N) is 2. The van der Waals surface area contributed by atoms with E-state index >= 15 is 0 Å². The van der Waals surface area contributed by atoms with Crippen LogP contribution in [0.1, 0.15) is 52.9 Å². The molecule has 1 aromatic rings. The van der Waals surface area contributed by atoms with Crippen LogP contribution in [0, 0.1) is 5.92 Å². The first-order valence-corrected chi connectivity index (χ1v) is 15.0. The Bertz CT molecular complexity index is 1020. The van der Waals surface area contributed by atoms with E-state index in [0.717, 1.165) is 32.1 Å². The number of hydrogen-bond acceptors (Lipinski definition) is 11. The molecular formula is C26H41N2O11P. The van der Waals surface area contributed by atoms with Gasteiger partial charge >= 0.3 is 13.7 Å². The van der Waals surface area contributed by atoms with E-state index in [1.54, 1.807) is 26.0 Å². The molecule has 2 unspecified atom stereocenters. The predicted molar refractivity (Wildman–Crippen MR) is 142 cm³/mol. The number of hydrogen-bond donors (Lipinski definition) is 5. The number of esters is 1. The van der Waals surface area contributed by atoms with Gasteiger partial charge in [-0.3, -0.25) is 14.1 Å². The Morgan fingerprint density at radius 3 is 2.27 bits per heavy atom. The average Bonchev–Trinajstić information content (AvgIpc) is 2.92. The zero-order valence-corrected chi connectivity index (χ0v) is 24.1. The lowest BCUT2D eigenvalue weighted by atomic mass is 9.97.